The van der Waals surface area contributed by atoms with Gasteiger partial charge in [0.05, 0.1) is 89.2 Å². The highest BCUT2D eigenvalue weighted by molar-refractivity contribution is 6.17. The van der Waals surface area contributed by atoms with E-state index >= 15 is 0 Å². The Morgan fingerprint density at radius 1 is 0.156 bits per heavy atom. The molecule has 7 aromatic heterocycles. The van der Waals surface area contributed by atoms with Crippen LogP contribution >= 0.6 is 0 Å². The van der Waals surface area contributed by atoms with Crippen LogP contribution in [-0.4, -0.2) is 37.4 Å². The first-order valence-electron chi connectivity index (χ1n) is 43.5. The minimum Gasteiger partial charge on any atom is -0.309 e. The maximum Gasteiger partial charge on any atom is 0.160 e. The van der Waals surface area contributed by atoms with Crippen molar-refractivity contribution in [2.24, 2.45) is 0 Å². The lowest BCUT2D eigenvalue weighted by Crippen LogP contribution is -2.02. The smallest absolute Gasteiger partial charge is 0.160 e. The van der Waals surface area contributed by atoms with Crippen LogP contribution in [0, 0.1) is 11.3 Å². The van der Waals surface area contributed by atoms with Gasteiger partial charge in [0.1, 0.15) is 0 Å². The van der Waals surface area contributed by atoms with Crippen molar-refractivity contribution in [3.63, 3.8) is 0 Å². The lowest BCUT2D eigenvalue weighted by atomic mass is 10.0. The maximum absolute atomic E-state index is 10.0. The Morgan fingerprint density at radius 2 is 0.406 bits per heavy atom. The summed E-state index contributed by atoms with van der Waals surface area (Å²) in [5.41, 5.74) is 33.4. The van der Waals surface area contributed by atoms with Gasteiger partial charge in [0.25, 0.3) is 0 Å². The van der Waals surface area contributed by atoms with Crippen LogP contribution < -0.4 is 0 Å². The summed E-state index contributed by atoms with van der Waals surface area (Å²) in [5, 5.41) is 24.2. The number of hydrogen-bond acceptors (Lipinski definition) is 3. The van der Waals surface area contributed by atoms with Gasteiger partial charge in [0, 0.05) is 115 Å². The fourth-order valence-corrected chi connectivity index (χ4v) is 20.6. The fraction of sp³-hybridized carbons (Fsp3) is 0. The van der Waals surface area contributed by atoms with Crippen molar-refractivity contribution in [3.8, 4) is 119 Å². The first-order chi connectivity index (χ1) is 63.4. The molecule has 26 rings (SSSR count). The van der Waals surface area contributed by atoms with E-state index in [0.29, 0.717) is 11.4 Å². The molecule has 7 heterocycles. The third kappa shape index (κ3) is 11.5. The molecule has 9 heteroatoms. The molecule has 0 aliphatic rings. The highest BCUT2D eigenvalue weighted by atomic mass is 15.0. The number of rotatable bonds is 13. The maximum atomic E-state index is 10.0. The predicted octanol–water partition coefficient (Wildman–Crippen LogP) is 30.6. The highest BCUT2D eigenvalue weighted by Gasteiger charge is 2.25. The van der Waals surface area contributed by atoms with Crippen LogP contribution in [0.4, 0.5) is 0 Å². The van der Waals surface area contributed by atoms with E-state index in [9.17, 15) is 5.26 Å². The fourth-order valence-electron chi connectivity index (χ4n) is 20.6. The number of para-hydroxylation sites is 9. The summed E-state index contributed by atoms with van der Waals surface area (Å²) in [4.78, 5) is 11.5. The number of nitrogens with zero attached hydrogens (tertiary/aromatic N) is 9. The van der Waals surface area contributed by atoms with Gasteiger partial charge >= 0.3 is 0 Å². The van der Waals surface area contributed by atoms with Crippen molar-refractivity contribution in [1.29, 1.82) is 5.26 Å². The van der Waals surface area contributed by atoms with Gasteiger partial charge in [0.15, 0.2) is 5.82 Å². The third-order valence-corrected chi connectivity index (χ3v) is 26.4. The van der Waals surface area contributed by atoms with E-state index in [1.165, 1.54) is 54.4 Å². The summed E-state index contributed by atoms with van der Waals surface area (Å²) >= 11 is 0. The summed E-state index contributed by atoms with van der Waals surface area (Å²) in [6, 6.07) is 163. The number of aromatic nitrogens is 8. The van der Waals surface area contributed by atoms with Crippen LogP contribution in [-0.2, 0) is 0 Å². The second-order valence-corrected chi connectivity index (χ2v) is 33.5. The zero-order valence-corrected chi connectivity index (χ0v) is 69.2. The van der Waals surface area contributed by atoms with E-state index in [1.807, 2.05) is 18.2 Å². The molecule has 0 spiro atoms. The van der Waals surface area contributed by atoms with Crippen LogP contribution in [0.1, 0.15) is 5.56 Å². The van der Waals surface area contributed by atoms with Crippen molar-refractivity contribution in [3.05, 3.63) is 448 Å². The summed E-state index contributed by atoms with van der Waals surface area (Å²) in [6.45, 7) is 0. The molecule has 0 aliphatic heterocycles. The Labute approximate surface area is 735 Å². The molecule has 19 aromatic carbocycles. The van der Waals surface area contributed by atoms with E-state index in [-0.39, 0.29) is 0 Å². The molecule has 0 saturated heterocycles. The van der Waals surface area contributed by atoms with Crippen LogP contribution in [0.5, 0.6) is 0 Å². The van der Waals surface area contributed by atoms with Crippen molar-refractivity contribution in [2.75, 3.05) is 0 Å². The summed E-state index contributed by atoms with van der Waals surface area (Å²) < 4.78 is 14.5. The highest BCUT2D eigenvalue weighted by Crippen LogP contribution is 2.46. The molecule has 0 aliphatic carbocycles. The molecular formula is C119H73N9. The quantitative estimate of drug-likeness (QED) is 0.115. The average molecular weight is 1630 g/mol. The Bertz CT molecular complexity index is 8850. The van der Waals surface area contributed by atoms with Gasteiger partial charge in [-0.1, -0.05) is 249 Å². The average Bonchev–Trinajstić information content (AvgIpc) is 1.59. The lowest BCUT2D eigenvalue weighted by molar-refractivity contribution is 1.13. The second kappa shape index (κ2) is 28.8. The first kappa shape index (κ1) is 72.2. The molecule has 0 radical (unpaired) electrons. The molecule has 0 unspecified atom stereocenters. The standard InChI is InChI=1S/C119H73N9/c120-74-75-24-22-25-78(62-75)76-46-48-77(49-47-76)119-121-105(85-26-23-33-90(63-85)126-110-43-19-13-37-96(110)102-69-82(53-59-116(102)126)79-50-56-113-99(66-79)93-34-10-16-40-107(93)123(113)87-27-4-1-5-28-87)73-106(122-119)86-64-91(127-111-44-20-14-38-97(111)103-70-83(54-60-117(103)127)80-51-57-114-100(67-80)94-35-11-17-41-108(94)124(114)88-29-6-2-7-30-88)72-92(65-86)128-112-45-21-15-39-98(112)104-71-84(55-61-118(104)128)81-52-58-115-101(68-81)95-36-12-18-42-109(95)125(115)89-31-8-3-9-32-89/h1-73H. The third-order valence-electron chi connectivity index (χ3n) is 26.4. The van der Waals surface area contributed by atoms with E-state index in [1.54, 1.807) is 0 Å². The second-order valence-electron chi connectivity index (χ2n) is 33.5. The van der Waals surface area contributed by atoms with Crippen molar-refractivity contribution >= 4 is 131 Å². The number of fused-ring (bicyclic) bond motifs is 18. The minimum atomic E-state index is 0.568. The molecule has 26 aromatic rings. The Morgan fingerprint density at radius 3 is 0.750 bits per heavy atom. The number of hydrogen-bond donors (Lipinski definition) is 0. The lowest BCUT2D eigenvalue weighted by Gasteiger charge is -2.17. The molecule has 0 fully saturated rings. The zero-order chi connectivity index (χ0) is 84.2. The van der Waals surface area contributed by atoms with E-state index in [4.69, 9.17) is 9.97 Å². The normalized spacial score (nSPS) is 11.9. The summed E-state index contributed by atoms with van der Waals surface area (Å²) in [7, 11) is 0. The molecule has 594 valence electrons. The largest absolute Gasteiger partial charge is 0.309 e. The van der Waals surface area contributed by atoms with Crippen molar-refractivity contribution < 1.29 is 0 Å². The van der Waals surface area contributed by atoms with Crippen LogP contribution in [0.2, 0.25) is 0 Å². The molecule has 0 saturated carbocycles. The van der Waals surface area contributed by atoms with E-state index < -0.39 is 0 Å². The Hall–Kier alpha value is -17.5. The van der Waals surface area contributed by atoms with Crippen LogP contribution in [0.15, 0.2) is 443 Å². The molecule has 0 atom stereocenters. The predicted molar refractivity (Wildman–Crippen MR) is 531 cm³/mol. The van der Waals surface area contributed by atoms with Gasteiger partial charge in [0.2, 0.25) is 0 Å². The minimum absolute atomic E-state index is 0.568. The molecule has 9 nitrogen and oxygen atoms in total. The monoisotopic (exact) mass is 1630 g/mol. The molecule has 0 bridgehead atoms. The van der Waals surface area contributed by atoms with Gasteiger partial charge in [-0.2, -0.15) is 5.26 Å². The van der Waals surface area contributed by atoms with Crippen molar-refractivity contribution in [1.82, 2.24) is 37.4 Å². The van der Waals surface area contributed by atoms with Gasteiger partial charge in [-0.05, 0) is 239 Å². The van der Waals surface area contributed by atoms with Gasteiger partial charge in [-0.15, -0.1) is 0 Å². The Balaban J connectivity index is 0.662. The zero-order valence-electron chi connectivity index (χ0n) is 69.2. The SMILES string of the molecule is N#Cc1cccc(-c2ccc(-c3nc(-c4cccc(-n5c6ccccc6c6cc(-c7ccc8c(c7)c7ccccc7n8-c7ccccc7)ccc65)c4)cc(-c4cc(-n5c6ccccc6c6cc(-c7ccc8c(c7)c7ccccc7n8-c7ccccc7)ccc65)cc(-n5c6ccccc6c6cc(-c7ccc8c(c7)c7ccccc7n8-c7ccccc7)ccc65)c4)n3)cc2)c1. The van der Waals surface area contributed by atoms with Crippen LogP contribution in [0.3, 0.4) is 0 Å². The van der Waals surface area contributed by atoms with Crippen molar-refractivity contribution in [2.45, 2.75) is 0 Å². The van der Waals surface area contributed by atoms with Gasteiger partial charge in [-0.25, -0.2) is 9.97 Å². The Kier molecular flexibility index (Phi) is 16.3. The van der Waals surface area contributed by atoms with Gasteiger partial charge in [-0.3, -0.25) is 0 Å². The molecule has 0 N–H and O–H groups in total. The van der Waals surface area contributed by atoms with Gasteiger partial charge < -0.3 is 27.4 Å². The van der Waals surface area contributed by atoms with Crippen LogP contribution in [0.25, 0.3) is 243 Å². The summed E-state index contributed by atoms with van der Waals surface area (Å²) in [5.74, 6) is 0.568. The molecular weight excluding hydrogens is 1560 g/mol. The molecule has 0 amide bonds. The number of nitriles is 1. The summed E-state index contributed by atoms with van der Waals surface area (Å²) in [6.07, 6.45) is 0. The first-order valence-corrected chi connectivity index (χ1v) is 43.5. The van der Waals surface area contributed by atoms with E-state index in [0.717, 1.165) is 183 Å². The van der Waals surface area contributed by atoms with E-state index in [2.05, 4.69) is 458 Å². The number of benzene rings is 19. The topological polar surface area (TPSA) is 79.1 Å². The molecule has 128 heavy (non-hydrogen) atoms.